The molecule has 2 N–H and O–H groups in total. The molecule has 0 saturated heterocycles. The summed E-state index contributed by atoms with van der Waals surface area (Å²) in [7, 11) is 0. The van der Waals surface area contributed by atoms with E-state index in [1.165, 1.54) is 78.5 Å². The minimum atomic E-state index is -0.246. The van der Waals surface area contributed by atoms with Gasteiger partial charge in [-0.2, -0.15) is 0 Å². The Labute approximate surface area is 327 Å². The molecule has 0 aromatic heterocycles. The molecule has 2 aliphatic rings. The molecule has 0 amide bonds. The number of hydrogen-bond acceptors (Lipinski definition) is 1. The summed E-state index contributed by atoms with van der Waals surface area (Å²) in [6, 6.07) is 54.4. The minimum absolute atomic E-state index is 0.246. The van der Waals surface area contributed by atoms with Crippen LogP contribution < -0.4 is 5.73 Å². The van der Waals surface area contributed by atoms with Crippen molar-refractivity contribution < 1.29 is 0 Å². The first-order valence-electron chi connectivity index (χ1n) is 19.4. The minimum Gasteiger partial charge on any atom is -0.405 e. The van der Waals surface area contributed by atoms with Crippen LogP contribution in [0.4, 0.5) is 0 Å². The standard InChI is InChI=1S/C52H45N.C2H4/c53-37-16-5-3-1-2-4-7-20-40(43-31-29-42(30-32-43)39-18-8-6-9-19-39)34-36-45-24-17-28-50-51(45)47-25-13-15-27-49(47)52(50)38-46-23-11-10-21-41(46)33-35-44-22-12-14-26-48(44)52;1-2/h1-32,37H,33-36,38,53H2;1-2H2/b2-1-,5-3-,7-4+,37-16+,40-20+;. The average molecular weight is 712 g/mol. The molecule has 0 aliphatic heterocycles. The van der Waals surface area contributed by atoms with Crippen molar-refractivity contribution in [3.05, 3.63) is 258 Å². The van der Waals surface area contributed by atoms with Crippen molar-refractivity contribution in [3.8, 4) is 22.3 Å². The monoisotopic (exact) mass is 711 g/mol. The zero-order valence-electron chi connectivity index (χ0n) is 31.6. The van der Waals surface area contributed by atoms with E-state index < -0.39 is 0 Å². The molecule has 1 spiro atoms. The van der Waals surface area contributed by atoms with Crippen LogP contribution in [0.2, 0.25) is 0 Å². The van der Waals surface area contributed by atoms with Gasteiger partial charge < -0.3 is 5.73 Å². The Morgan fingerprint density at radius 2 is 1.11 bits per heavy atom. The third-order valence-corrected chi connectivity index (χ3v) is 11.1. The van der Waals surface area contributed by atoms with Crippen LogP contribution in [0, 0.1) is 0 Å². The first-order chi connectivity index (χ1) is 27.3. The lowest BCUT2D eigenvalue weighted by Crippen LogP contribution is -2.32. The van der Waals surface area contributed by atoms with E-state index in [9.17, 15) is 0 Å². The quantitative estimate of drug-likeness (QED) is 0.117. The van der Waals surface area contributed by atoms with E-state index in [1.54, 1.807) is 0 Å². The molecule has 1 atom stereocenters. The molecule has 0 bridgehead atoms. The molecule has 55 heavy (non-hydrogen) atoms. The van der Waals surface area contributed by atoms with Crippen molar-refractivity contribution in [1.82, 2.24) is 0 Å². The predicted molar refractivity (Wildman–Crippen MR) is 236 cm³/mol. The fourth-order valence-electron chi connectivity index (χ4n) is 8.62. The summed E-state index contributed by atoms with van der Waals surface area (Å²) < 4.78 is 0. The van der Waals surface area contributed by atoms with Crippen LogP contribution in [0.25, 0.3) is 27.8 Å². The van der Waals surface area contributed by atoms with E-state index in [1.807, 2.05) is 24.3 Å². The van der Waals surface area contributed by atoms with Crippen molar-refractivity contribution in [3.63, 3.8) is 0 Å². The zero-order chi connectivity index (χ0) is 37.9. The van der Waals surface area contributed by atoms with Gasteiger partial charge in [-0.05, 0) is 117 Å². The van der Waals surface area contributed by atoms with Crippen LogP contribution in [-0.4, -0.2) is 0 Å². The summed E-state index contributed by atoms with van der Waals surface area (Å²) in [5.41, 5.74) is 23.2. The van der Waals surface area contributed by atoms with Crippen molar-refractivity contribution in [2.45, 2.75) is 37.5 Å². The van der Waals surface area contributed by atoms with Gasteiger partial charge in [0.1, 0.15) is 0 Å². The number of hydrogen-bond donors (Lipinski definition) is 1. The van der Waals surface area contributed by atoms with Crippen LogP contribution in [0.1, 0.15) is 50.9 Å². The summed E-state index contributed by atoms with van der Waals surface area (Å²) in [5, 5.41) is 0. The SMILES string of the molecule is C=C.N/C=C/C=C\C=C/C=C/C=C(\CCc1cccc2c1-c1ccccc1C21Cc2ccccc2CCc2ccccc21)c1ccc(-c2ccccc2)cc1. The lowest BCUT2D eigenvalue weighted by Gasteiger charge is -2.37. The Morgan fingerprint density at radius 1 is 0.527 bits per heavy atom. The first-order valence-corrected chi connectivity index (χ1v) is 19.4. The van der Waals surface area contributed by atoms with Crippen LogP contribution in [-0.2, 0) is 31.1 Å². The second kappa shape index (κ2) is 17.6. The van der Waals surface area contributed by atoms with Gasteiger partial charge in [-0.1, -0.05) is 188 Å². The highest BCUT2D eigenvalue weighted by Crippen LogP contribution is 2.56. The Balaban J connectivity index is 0.00000229. The lowest BCUT2D eigenvalue weighted by molar-refractivity contribution is 0.606. The molecule has 1 nitrogen and oxygen atoms in total. The maximum Gasteiger partial charge on any atom is 0.0506 e. The molecule has 0 saturated carbocycles. The molecule has 6 aromatic rings. The normalized spacial score (nSPS) is 16.0. The molecule has 8 rings (SSSR count). The van der Waals surface area contributed by atoms with Crippen molar-refractivity contribution in [2.75, 3.05) is 0 Å². The molecular formula is C54H49N. The Kier molecular flexibility index (Phi) is 11.8. The molecule has 1 heteroatoms. The van der Waals surface area contributed by atoms with Crippen LogP contribution >= 0.6 is 0 Å². The second-order valence-corrected chi connectivity index (χ2v) is 14.1. The topological polar surface area (TPSA) is 26.0 Å². The van der Waals surface area contributed by atoms with Crippen molar-refractivity contribution >= 4 is 5.57 Å². The maximum atomic E-state index is 5.45. The van der Waals surface area contributed by atoms with Crippen LogP contribution in [0.5, 0.6) is 0 Å². The largest absolute Gasteiger partial charge is 0.405 e. The van der Waals surface area contributed by atoms with Crippen LogP contribution in [0.3, 0.4) is 0 Å². The van der Waals surface area contributed by atoms with Gasteiger partial charge in [-0.25, -0.2) is 0 Å². The van der Waals surface area contributed by atoms with Gasteiger partial charge in [0.2, 0.25) is 0 Å². The molecule has 2 aliphatic carbocycles. The van der Waals surface area contributed by atoms with Crippen LogP contribution in [0.15, 0.2) is 214 Å². The van der Waals surface area contributed by atoms with Gasteiger partial charge in [0.05, 0.1) is 5.41 Å². The van der Waals surface area contributed by atoms with Crippen molar-refractivity contribution in [1.29, 1.82) is 0 Å². The van der Waals surface area contributed by atoms with E-state index in [2.05, 4.69) is 183 Å². The fourth-order valence-corrected chi connectivity index (χ4v) is 8.62. The summed E-state index contributed by atoms with van der Waals surface area (Å²) in [6.07, 6.45) is 22.8. The maximum absolute atomic E-state index is 5.45. The molecule has 0 radical (unpaired) electrons. The van der Waals surface area contributed by atoms with E-state index in [0.717, 1.165) is 32.1 Å². The van der Waals surface area contributed by atoms with Gasteiger partial charge in [-0.15, -0.1) is 13.2 Å². The van der Waals surface area contributed by atoms with E-state index >= 15 is 0 Å². The number of nitrogens with two attached hydrogens (primary N) is 1. The molecule has 0 fully saturated rings. The molecule has 270 valence electrons. The lowest BCUT2D eigenvalue weighted by atomic mass is 9.65. The summed E-state index contributed by atoms with van der Waals surface area (Å²) >= 11 is 0. The third-order valence-electron chi connectivity index (χ3n) is 11.1. The zero-order valence-corrected chi connectivity index (χ0v) is 31.6. The third kappa shape index (κ3) is 7.66. The summed E-state index contributed by atoms with van der Waals surface area (Å²) in [6.45, 7) is 6.00. The van der Waals surface area contributed by atoms with Crippen molar-refractivity contribution in [2.24, 2.45) is 5.73 Å². The number of fused-ring (bicyclic) bond motifs is 8. The van der Waals surface area contributed by atoms with Gasteiger partial charge in [-0.3, -0.25) is 0 Å². The summed E-state index contributed by atoms with van der Waals surface area (Å²) in [5.74, 6) is 0. The average Bonchev–Trinajstić information content (AvgIpc) is 3.53. The smallest absolute Gasteiger partial charge is 0.0506 e. The van der Waals surface area contributed by atoms with E-state index in [0.29, 0.717) is 0 Å². The highest BCUT2D eigenvalue weighted by Gasteiger charge is 2.47. The highest BCUT2D eigenvalue weighted by molar-refractivity contribution is 5.86. The molecular weight excluding hydrogens is 663 g/mol. The van der Waals surface area contributed by atoms with E-state index in [-0.39, 0.29) is 5.41 Å². The molecule has 6 aromatic carbocycles. The van der Waals surface area contributed by atoms with Gasteiger partial charge >= 0.3 is 0 Å². The van der Waals surface area contributed by atoms with Gasteiger partial charge in [0.25, 0.3) is 0 Å². The highest BCUT2D eigenvalue weighted by atomic mass is 14.5. The van der Waals surface area contributed by atoms with Gasteiger partial charge in [0, 0.05) is 0 Å². The fraction of sp³-hybridized carbons (Fsp3) is 0.111. The Hall–Kier alpha value is -6.44. The van der Waals surface area contributed by atoms with E-state index in [4.69, 9.17) is 5.73 Å². The Morgan fingerprint density at radius 3 is 1.87 bits per heavy atom. The number of benzene rings is 6. The predicted octanol–water partition coefficient (Wildman–Crippen LogP) is 13.0. The first kappa shape index (κ1) is 36.9. The second-order valence-electron chi connectivity index (χ2n) is 14.1. The summed E-state index contributed by atoms with van der Waals surface area (Å²) in [4.78, 5) is 0. The van der Waals surface area contributed by atoms with Gasteiger partial charge in [0.15, 0.2) is 0 Å². The Bertz CT molecular complexity index is 2390. The number of rotatable bonds is 9. The molecule has 1 unspecified atom stereocenters. The molecule has 0 heterocycles. The number of aryl methyl sites for hydroxylation is 3. The number of allylic oxidation sites excluding steroid dienone is 9.